The van der Waals surface area contributed by atoms with Crippen molar-refractivity contribution in [1.29, 1.82) is 0 Å². The lowest BCUT2D eigenvalue weighted by Crippen LogP contribution is -2.48. The van der Waals surface area contributed by atoms with Crippen LogP contribution >= 0.6 is 0 Å². The SMILES string of the molecule is CCCC1(CN2CCCCc3ccccc32)CCCNC1. The number of nitrogens with one attached hydrogen (secondary N) is 1. The van der Waals surface area contributed by atoms with Gasteiger partial charge in [-0.05, 0) is 56.7 Å². The Kier molecular flexibility index (Phi) is 4.84. The minimum atomic E-state index is 0.491. The van der Waals surface area contributed by atoms with Gasteiger partial charge in [0.15, 0.2) is 0 Å². The van der Waals surface area contributed by atoms with E-state index in [0.29, 0.717) is 5.41 Å². The Balaban J connectivity index is 1.81. The van der Waals surface area contributed by atoms with Crippen LogP contribution in [0.5, 0.6) is 0 Å². The zero-order chi connectivity index (χ0) is 14.5. The highest BCUT2D eigenvalue weighted by Gasteiger charge is 2.33. The molecule has 1 fully saturated rings. The van der Waals surface area contributed by atoms with Crippen LogP contribution in [-0.2, 0) is 6.42 Å². The van der Waals surface area contributed by atoms with Gasteiger partial charge in [-0.2, -0.15) is 0 Å². The molecular formula is C19H30N2. The fraction of sp³-hybridized carbons (Fsp3) is 0.684. The number of benzene rings is 1. The summed E-state index contributed by atoms with van der Waals surface area (Å²) in [6.07, 6.45) is 9.33. The van der Waals surface area contributed by atoms with Crippen LogP contribution in [0.25, 0.3) is 0 Å². The number of piperidine rings is 1. The van der Waals surface area contributed by atoms with Crippen molar-refractivity contribution < 1.29 is 0 Å². The summed E-state index contributed by atoms with van der Waals surface area (Å²) < 4.78 is 0. The minimum absolute atomic E-state index is 0.491. The summed E-state index contributed by atoms with van der Waals surface area (Å²) >= 11 is 0. The van der Waals surface area contributed by atoms with Gasteiger partial charge in [0.2, 0.25) is 0 Å². The zero-order valence-corrected chi connectivity index (χ0v) is 13.5. The van der Waals surface area contributed by atoms with Gasteiger partial charge in [0, 0.05) is 30.7 Å². The van der Waals surface area contributed by atoms with E-state index < -0.39 is 0 Å². The Morgan fingerprint density at radius 3 is 2.90 bits per heavy atom. The van der Waals surface area contributed by atoms with Crippen molar-refractivity contribution in [2.24, 2.45) is 5.41 Å². The molecule has 0 amide bonds. The third-order valence-corrected chi connectivity index (χ3v) is 5.32. The molecule has 0 saturated carbocycles. The lowest BCUT2D eigenvalue weighted by molar-refractivity contribution is 0.194. The first-order chi connectivity index (χ1) is 10.3. The molecule has 1 aromatic carbocycles. The molecule has 1 saturated heterocycles. The van der Waals surface area contributed by atoms with Gasteiger partial charge in [0.1, 0.15) is 0 Å². The highest BCUT2D eigenvalue weighted by atomic mass is 15.1. The molecule has 2 aliphatic rings. The molecule has 116 valence electrons. The lowest BCUT2D eigenvalue weighted by Gasteiger charge is -2.42. The number of fused-ring (bicyclic) bond motifs is 1. The molecule has 21 heavy (non-hydrogen) atoms. The molecule has 0 spiro atoms. The molecular weight excluding hydrogens is 256 g/mol. The predicted octanol–water partition coefficient (Wildman–Crippen LogP) is 4.00. The lowest BCUT2D eigenvalue weighted by atomic mass is 9.76. The maximum absolute atomic E-state index is 3.66. The minimum Gasteiger partial charge on any atom is -0.371 e. The monoisotopic (exact) mass is 286 g/mol. The van der Waals surface area contributed by atoms with E-state index in [9.17, 15) is 0 Å². The summed E-state index contributed by atoms with van der Waals surface area (Å²) in [6, 6.07) is 9.09. The summed E-state index contributed by atoms with van der Waals surface area (Å²) in [6.45, 7) is 7.24. The van der Waals surface area contributed by atoms with Crippen molar-refractivity contribution in [3.05, 3.63) is 29.8 Å². The van der Waals surface area contributed by atoms with Crippen LogP contribution < -0.4 is 10.2 Å². The Hall–Kier alpha value is -1.02. The van der Waals surface area contributed by atoms with Crippen LogP contribution in [0.2, 0.25) is 0 Å². The third kappa shape index (κ3) is 3.42. The van der Waals surface area contributed by atoms with E-state index in [4.69, 9.17) is 0 Å². The third-order valence-electron chi connectivity index (χ3n) is 5.32. The molecule has 0 bridgehead atoms. The molecule has 3 rings (SSSR count). The largest absolute Gasteiger partial charge is 0.371 e. The summed E-state index contributed by atoms with van der Waals surface area (Å²) in [5, 5.41) is 3.66. The molecule has 1 unspecified atom stereocenters. The predicted molar refractivity (Wildman–Crippen MR) is 91.0 cm³/mol. The standard InChI is InChI=1S/C19H30N2/c1-2-11-19(12-7-13-20-15-19)16-21-14-6-5-9-17-8-3-4-10-18(17)21/h3-4,8,10,20H,2,5-7,9,11-16H2,1H3. The van der Waals surface area contributed by atoms with Crippen LogP contribution in [-0.4, -0.2) is 26.2 Å². The molecule has 2 heterocycles. The van der Waals surface area contributed by atoms with Crippen molar-refractivity contribution in [3.63, 3.8) is 0 Å². The molecule has 1 N–H and O–H groups in total. The topological polar surface area (TPSA) is 15.3 Å². The Morgan fingerprint density at radius 2 is 2.10 bits per heavy atom. The number of nitrogens with zero attached hydrogens (tertiary/aromatic N) is 1. The van der Waals surface area contributed by atoms with Gasteiger partial charge >= 0.3 is 0 Å². The van der Waals surface area contributed by atoms with Gasteiger partial charge in [-0.3, -0.25) is 0 Å². The van der Waals surface area contributed by atoms with Crippen LogP contribution in [0, 0.1) is 5.41 Å². The number of rotatable bonds is 4. The van der Waals surface area contributed by atoms with Gasteiger partial charge in [0.05, 0.1) is 0 Å². The Morgan fingerprint density at radius 1 is 1.19 bits per heavy atom. The molecule has 1 atom stereocenters. The van der Waals surface area contributed by atoms with E-state index in [0.717, 1.165) is 0 Å². The summed E-state index contributed by atoms with van der Waals surface area (Å²) in [4.78, 5) is 2.70. The van der Waals surface area contributed by atoms with Gasteiger partial charge < -0.3 is 10.2 Å². The average molecular weight is 286 g/mol. The second-order valence-corrected chi connectivity index (χ2v) is 7.04. The number of anilines is 1. The van der Waals surface area contributed by atoms with Crippen LogP contribution in [0.15, 0.2) is 24.3 Å². The zero-order valence-electron chi connectivity index (χ0n) is 13.5. The molecule has 1 aromatic rings. The highest BCUT2D eigenvalue weighted by molar-refractivity contribution is 5.54. The fourth-order valence-corrected chi connectivity index (χ4v) is 4.33. The van der Waals surface area contributed by atoms with Crippen LogP contribution in [0.1, 0.15) is 51.0 Å². The molecule has 0 radical (unpaired) electrons. The Bertz CT molecular complexity index is 443. The van der Waals surface area contributed by atoms with Gasteiger partial charge in [-0.1, -0.05) is 31.5 Å². The second-order valence-electron chi connectivity index (χ2n) is 7.04. The van der Waals surface area contributed by atoms with Crippen LogP contribution in [0.3, 0.4) is 0 Å². The maximum atomic E-state index is 3.66. The quantitative estimate of drug-likeness (QED) is 0.900. The average Bonchev–Trinajstić information content (AvgIpc) is 2.71. The van der Waals surface area contributed by atoms with E-state index >= 15 is 0 Å². The fourth-order valence-electron chi connectivity index (χ4n) is 4.33. The summed E-state index contributed by atoms with van der Waals surface area (Å²) in [5.41, 5.74) is 3.56. The van der Waals surface area contributed by atoms with E-state index in [2.05, 4.69) is 41.4 Å². The van der Waals surface area contributed by atoms with E-state index in [1.807, 2.05) is 0 Å². The first-order valence-electron chi connectivity index (χ1n) is 8.87. The van der Waals surface area contributed by atoms with Crippen molar-refractivity contribution in [1.82, 2.24) is 5.32 Å². The smallest absolute Gasteiger partial charge is 0.0398 e. The summed E-state index contributed by atoms with van der Waals surface area (Å²) in [7, 11) is 0. The molecule has 2 aliphatic heterocycles. The van der Waals surface area contributed by atoms with Crippen molar-refractivity contribution in [2.45, 2.75) is 51.9 Å². The molecule has 2 nitrogen and oxygen atoms in total. The highest BCUT2D eigenvalue weighted by Crippen LogP contribution is 2.36. The van der Waals surface area contributed by atoms with E-state index in [-0.39, 0.29) is 0 Å². The molecule has 2 heteroatoms. The van der Waals surface area contributed by atoms with E-state index in [1.54, 1.807) is 5.56 Å². The first-order valence-corrected chi connectivity index (χ1v) is 8.87. The summed E-state index contributed by atoms with van der Waals surface area (Å²) in [5.74, 6) is 0. The first kappa shape index (κ1) is 14.9. The number of para-hydroxylation sites is 1. The second kappa shape index (κ2) is 6.83. The van der Waals surface area contributed by atoms with Crippen LogP contribution in [0.4, 0.5) is 5.69 Å². The van der Waals surface area contributed by atoms with Gasteiger partial charge in [-0.25, -0.2) is 0 Å². The van der Waals surface area contributed by atoms with Crippen molar-refractivity contribution in [3.8, 4) is 0 Å². The van der Waals surface area contributed by atoms with Gasteiger partial charge in [0.25, 0.3) is 0 Å². The van der Waals surface area contributed by atoms with E-state index in [1.165, 1.54) is 76.8 Å². The van der Waals surface area contributed by atoms with Gasteiger partial charge in [-0.15, -0.1) is 0 Å². The Labute approximate surface area is 129 Å². The van der Waals surface area contributed by atoms with Crippen molar-refractivity contribution in [2.75, 3.05) is 31.1 Å². The number of aryl methyl sites for hydroxylation is 1. The normalized spacial score (nSPS) is 26.2. The maximum Gasteiger partial charge on any atom is 0.0398 e. The van der Waals surface area contributed by atoms with Crippen molar-refractivity contribution >= 4 is 5.69 Å². The number of hydrogen-bond donors (Lipinski definition) is 1. The molecule has 0 aliphatic carbocycles. The number of hydrogen-bond acceptors (Lipinski definition) is 2. The molecule has 0 aromatic heterocycles.